The summed E-state index contributed by atoms with van der Waals surface area (Å²) >= 11 is 3.35. The third kappa shape index (κ3) is 2.82. The molecule has 2 heterocycles. The summed E-state index contributed by atoms with van der Waals surface area (Å²) in [5.41, 5.74) is 0. The molecule has 1 aromatic heterocycles. The van der Waals surface area contributed by atoms with Crippen molar-refractivity contribution in [2.45, 2.75) is 25.8 Å². The Morgan fingerprint density at radius 1 is 1.29 bits per heavy atom. The van der Waals surface area contributed by atoms with Gasteiger partial charge in [-0.1, -0.05) is 0 Å². The van der Waals surface area contributed by atoms with Crippen LogP contribution < -0.4 is 0 Å². The Morgan fingerprint density at radius 2 is 2.07 bits per heavy atom. The van der Waals surface area contributed by atoms with Crippen molar-refractivity contribution in [2.75, 3.05) is 19.6 Å². The first-order chi connectivity index (χ1) is 6.84. The van der Waals surface area contributed by atoms with Gasteiger partial charge in [-0.15, -0.1) is 0 Å². The first-order valence-corrected chi connectivity index (χ1v) is 6.05. The van der Waals surface area contributed by atoms with Gasteiger partial charge in [0.05, 0.1) is 0 Å². The molecule has 2 rings (SSSR count). The SMILES string of the molecule is Brc1ccn(CCCN2CCCC2)n1. The number of hydrogen-bond acceptors (Lipinski definition) is 2. The number of hydrogen-bond donors (Lipinski definition) is 0. The highest BCUT2D eigenvalue weighted by molar-refractivity contribution is 9.10. The van der Waals surface area contributed by atoms with Crippen molar-refractivity contribution in [1.29, 1.82) is 0 Å². The van der Waals surface area contributed by atoms with E-state index in [1.54, 1.807) is 0 Å². The van der Waals surface area contributed by atoms with Crippen LogP contribution in [0.4, 0.5) is 0 Å². The maximum Gasteiger partial charge on any atom is 0.128 e. The summed E-state index contributed by atoms with van der Waals surface area (Å²) < 4.78 is 2.93. The fraction of sp³-hybridized carbons (Fsp3) is 0.700. The lowest BCUT2D eigenvalue weighted by Crippen LogP contribution is -2.21. The smallest absolute Gasteiger partial charge is 0.128 e. The van der Waals surface area contributed by atoms with Gasteiger partial charge in [0, 0.05) is 12.7 Å². The summed E-state index contributed by atoms with van der Waals surface area (Å²) in [5.74, 6) is 0. The number of nitrogens with zero attached hydrogens (tertiary/aromatic N) is 3. The summed E-state index contributed by atoms with van der Waals surface area (Å²) in [5, 5.41) is 4.29. The second kappa shape index (κ2) is 4.94. The molecular formula is C10H16BrN3. The van der Waals surface area contributed by atoms with Gasteiger partial charge < -0.3 is 4.90 Å². The molecule has 0 unspecified atom stereocenters. The molecule has 0 saturated carbocycles. The van der Waals surface area contributed by atoms with Gasteiger partial charge >= 0.3 is 0 Å². The summed E-state index contributed by atoms with van der Waals surface area (Å²) in [7, 11) is 0. The van der Waals surface area contributed by atoms with Gasteiger partial charge in [0.1, 0.15) is 4.60 Å². The lowest BCUT2D eigenvalue weighted by Gasteiger charge is -2.13. The molecule has 0 radical (unpaired) electrons. The molecule has 0 bridgehead atoms. The average Bonchev–Trinajstić information content (AvgIpc) is 2.77. The van der Waals surface area contributed by atoms with Gasteiger partial charge in [-0.25, -0.2) is 0 Å². The first-order valence-electron chi connectivity index (χ1n) is 5.26. The Bertz CT molecular complexity index is 279. The van der Waals surface area contributed by atoms with Crippen molar-refractivity contribution in [3.05, 3.63) is 16.9 Å². The van der Waals surface area contributed by atoms with Gasteiger partial charge in [-0.2, -0.15) is 5.10 Å². The minimum atomic E-state index is 0.929. The molecule has 0 amide bonds. The zero-order chi connectivity index (χ0) is 9.80. The van der Waals surface area contributed by atoms with E-state index in [2.05, 4.69) is 25.9 Å². The van der Waals surface area contributed by atoms with E-state index >= 15 is 0 Å². The molecule has 1 aliphatic rings. The lowest BCUT2D eigenvalue weighted by molar-refractivity contribution is 0.322. The van der Waals surface area contributed by atoms with Crippen LogP contribution in [0, 0.1) is 0 Å². The Kier molecular flexibility index (Phi) is 3.59. The van der Waals surface area contributed by atoms with E-state index in [4.69, 9.17) is 0 Å². The van der Waals surface area contributed by atoms with E-state index in [9.17, 15) is 0 Å². The molecule has 3 nitrogen and oxygen atoms in total. The zero-order valence-corrected chi connectivity index (χ0v) is 9.91. The van der Waals surface area contributed by atoms with Gasteiger partial charge in [0.25, 0.3) is 0 Å². The predicted octanol–water partition coefficient (Wildman–Crippen LogP) is 2.13. The fourth-order valence-corrected chi connectivity index (χ4v) is 2.25. The van der Waals surface area contributed by atoms with E-state index < -0.39 is 0 Å². The highest BCUT2D eigenvalue weighted by Gasteiger charge is 2.10. The van der Waals surface area contributed by atoms with E-state index in [-0.39, 0.29) is 0 Å². The molecule has 4 heteroatoms. The summed E-state index contributed by atoms with van der Waals surface area (Å²) in [4.78, 5) is 2.54. The Balaban J connectivity index is 1.67. The average molecular weight is 258 g/mol. The van der Waals surface area contributed by atoms with Crippen LogP contribution in [0.2, 0.25) is 0 Å². The van der Waals surface area contributed by atoms with Crippen molar-refractivity contribution in [1.82, 2.24) is 14.7 Å². The summed E-state index contributed by atoms with van der Waals surface area (Å²) in [6.07, 6.45) is 5.99. The largest absolute Gasteiger partial charge is 0.303 e. The van der Waals surface area contributed by atoms with E-state index in [0.717, 1.165) is 11.1 Å². The van der Waals surface area contributed by atoms with Crippen LogP contribution in [-0.2, 0) is 6.54 Å². The highest BCUT2D eigenvalue weighted by atomic mass is 79.9. The van der Waals surface area contributed by atoms with Gasteiger partial charge in [-0.05, 0) is 60.9 Å². The molecule has 1 saturated heterocycles. The van der Waals surface area contributed by atoms with Crippen molar-refractivity contribution < 1.29 is 0 Å². The number of rotatable bonds is 4. The Morgan fingerprint density at radius 3 is 2.71 bits per heavy atom. The summed E-state index contributed by atoms with van der Waals surface area (Å²) in [6, 6.07) is 1.98. The number of likely N-dealkylation sites (tertiary alicyclic amines) is 1. The van der Waals surface area contributed by atoms with E-state index in [0.29, 0.717) is 0 Å². The topological polar surface area (TPSA) is 21.1 Å². The fourth-order valence-electron chi connectivity index (χ4n) is 1.92. The molecule has 1 fully saturated rings. The van der Waals surface area contributed by atoms with Gasteiger partial charge in [0.15, 0.2) is 0 Å². The quantitative estimate of drug-likeness (QED) is 0.825. The Labute approximate surface area is 93.2 Å². The molecule has 0 spiro atoms. The van der Waals surface area contributed by atoms with Crippen LogP contribution in [0.15, 0.2) is 16.9 Å². The standard InChI is InChI=1S/C10H16BrN3/c11-10-4-9-14(12-10)8-3-7-13-5-1-2-6-13/h4,9H,1-3,5-8H2. The molecule has 0 atom stereocenters. The molecule has 0 aliphatic carbocycles. The van der Waals surface area contributed by atoms with Crippen molar-refractivity contribution in [3.63, 3.8) is 0 Å². The molecule has 14 heavy (non-hydrogen) atoms. The number of halogens is 1. The minimum Gasteiger partial charge on any atom is -0.303 e. The van der Waals surface area contributed by atoms with Crippen LogP contribution >= 0.6 is 15.9 Å². The van der Waals surface area contributed by atoms with Crippen molar-refractivity contribution in [2.24, 2.45) is 0 Å². The van der Waals surface area contributed by atoms with E-state index in [1.165, 1.54) is 38.9 Å². The molecule has 1 aliphatic heterocycles. The van der Waals surface area contributed by atoms with Crippen LogP contribution in [-0.4, -0.2) is 34.3 Å². The number of aryl methyl sites for hydroxylation is 1. The van der Waals surface area contributed by atoms with E-state index in [1.807, 2.05) is 16.9 Å². The predicted molar refractivity (Wildman–Crippen MR) is 60.2 cm³/mol. The van der Waals surface area contributed by atoms with Gasteiger partial charge in [-0.3, -0.25) is 4.68 Å². The molecule has 1 aromatic rings. The second-order valence-electron chi connectivity index (χ2n) is 3.80. The van der Waals surface area contributed by atoms with Crippen LogP contribution in [0.25, 0.3) is 0 Å². The third-order valence-electron chi connectivity index (χ3n) is 2.67. The number of aromatic nitrogens is 2. The Hall–Kier alpha value is -0.350. The van der Waals surface area contributed by atoms with Crippen LogP contribution in [0.5, 0.6) is 0 Å². The molecular weight excluding hydrogens is 242 g/mol. The highest BCUT2D eigenvalue weighted by Crippen LogP contribution is 2.08. The minimum absolute atomic E-state index is 0.929. The van der Waals surface area contributed by atoms with Crippen molar-refractivity contribution in [3.8, 4) is 0 Å². The van der Waals surface area contributed by atoms with Gasteiger partial charge in [0.2, 0.25) is 0 Å². The van der Waals surface area contributed by atoms with Crippen molar-refractivity contribution >= 4 is 15.9 Å². The second-order valence-corrected chi connectivity index (χ2v) is 4.62. The molecule has 0 N–H and O–H groups in total. The summed E-state index contributed by atoms with van der Waals surface area (Å²) in [6.45, 7) is 4.84. The molecule has 0 aromatic carbocycles. The maximum atomic E-state index is 4.29. The van der Waals surface area contributed by atoms with Crippen LogP contribution in [0.3, 0.4) is 0 Å². The lowest BCUT2D eigenvalue weighted by atomic mass is 10.4. The monoisotopic (exact) mass is 257 g/mol. The third-order valence-corrected chi connectivity index (χ3v) is 3.09. The first kappa shape index (κ1) is 10.2. The molecule has 78 valence electrons. The normalized spacial score (nSPS) is 17.8. The van der Waals surface area contributed by atoms with Crippen LogP contribution in [0.1, 0.15) is 19.3 Å². The maximum absolute atomic E-state index is 4.29. The zero-order valence-electron chi connectivity index (χ0n) is 8.32.